The van der Waals surface area contributed by atoms with Crippen LogP contribution in [0.3, 0.4) is 0 Å². The number of carbonyl (C=O) groups is 3. The molecule has 0 aliphatic carbocycles. The van der Waals surface area contributed by atoms with E-state index in [0.717, 1.165) is 21.9 Å². The van der Waals surface area contributed by atoms with Gasteiger partial charge in [0.25, 0.3) is 5.91 Å². The number of hydrogen-bond donors (Lipinski definition) is 0. The Kier molecular flexibility index (Phi) is 7.48. The lowest BCUT2D eigenvalue weighted by Crippen LogP contribution is -2.68. The van der Waals surface area contributed by atoms with Crippen molar-refractivity contribution in [2.45, 2.75) is 18.9 Å². The van der Waals surface area contributed by atoms with Crippen molar-refractivity contribution in [2.24, 2.45) is 0 Å². The first-order valence-corrected chi connectivity index (χ1v) is 11.6. The Morgan fingerprint density at radius 2 is 1.79 bits per heavy atom. The average molecular weight is 521 g/mol. The molecular formula is C28H23F3N4O3. The maximum Gasteiger partial charge on any atom is 0.325 e. The summed E-state index contributed by atoms with van der Waals surface area (Å²) in [5.74, 6) is 1.81. The van der Waals surface area contributed by atoms with Gasteiger partial charge in [0.2, 0.25) is 0 Å². The molecular weight excluding hydrogens is 497 g/mol. The van der Waals surface area contributed by atoms with E-state index >= 15 is 8.78 Å². The maximum atomic E-state index is 15.1. The summed E-state index contributed by atoms with van der Waals surface area (Å²) >= 11 is 0. The Balaban J connectivity index is 1.62. The monoisotopic (exact) mass is 520 g/mol. The van der Waals surface area contributed by atoms with E-state index in [1.807, 2.05) is 0 Å². The fraction of sp³-hybridized carbons (Fsp3) is 0.214. The highest BCUT2D eigenvalue weighted by molar-refractivity contribution is 6.06. The van der Waals surface area contributed by atoms with Crippen LogP contribution >= 0.6 is 0 Å². The van der Waals surface area contributed by atoms with Crippen LogP contribution in [0.25, 0.3) is 0 Å². The number of aromatic nitrogens is 1. The Bertz CT molecular complexity index is 1430. The molecule has 0 bridgehead atoms. The third kappa shape index (κ3) is 4.95. The number of rotatable bonds is 4. The number of nitrogens with zero attached hydrogens (tertiary/aromatic N) is 4. The molecule has 10 heteroatoms. The van der Waals surface area contributed by atoms with Gasteiger partial charge in [-0.3, -0.25) is 14.7 Å². The van der Waals surface area contributed by atoms with Crippen LogP contribution in [-0.2, 0) is 9.59 Å². The molecule has 38 heavy (non-hydrogen) atoms. The van der Waals surface area contributed by atoms with Gasteiger partial charge in [-0.2, -0.15) is 0 Å². The van der Waals surface area contributed by atoms with Crippen molar-refractivity contribution in [1.82, 2.24) is 9.88 Å². The first kappa shape index (κ1) is 26.4. The number of pyridine rings is 1. The van der Waals surface area contributed by atoms with Crippen molar-refractivity contribution in [1.29, 1.82) is 0 Å². The SMILES string of the molecule is CN(C(=O)N1CCN(c2cccnc2)C(=O)C1(C)CC=O)c1c(F)cc(C#Cc2ccccc2F)cc1F. The van der Waals surface area contributed by atoms with Gasteiger partial charge < -0.3 is 14.6 Å². The van der Waals surface area contributed by atoms with Crippen LogP contribution < -0.4 is 9.80 Å². The molecule has 1 atom stereocenters. The quantitative estimate of drug-likeness (QED) is 0.383. The summed E-state index contributed by atoms with van der Waals surface area (Å²) in [5.41, 5.74) is -1.74. The van der Waals surface area contributed by atoms with Crippen LogP contribution in [0.15, 0.2) is 60.9 Å². The molecule has 1 aliphatic heterocycles. The molecule has 2 aromatic carbocycles. The summed E-state index contributed by atoms with van der Waals surface area (Å²) in [4.78, 5) is 45.7. The lowest BCUT2D eigenvalue weighted by Gasteiger charge is -2.47. The normalized spacial score (nSPS) is 17.0. The lowest BCUT2D eigenvalue weighted by atomic mass is 9.91. The second kappa shape index (κ2) is 10.8. The van der Waals surface area contributed by atoms with Crippen LogP contribution in [-0.4, -0.2) is 53.8 Å². The first-order valence-electron chi connectivity index (χ1n) is 11.6. The number of carbonyl (C=O) groups excluding carboxylic acids is 3. The van der Waals surface area contributed by atoms with Gasteiger partial charge in [0.05, 0.1) is 17.4 Å². The molecule has 3 amide bonds. The Morgan fingerprint density at radius 1 is 1.08 bits per heavy atom. The van der Waals surface area contributed by atoms with Gasteiger partial charge in [0, 0.05) is 38.3 Å². The number of anilines is 2. The second-order valence-corrected chi connectivity index (χ2v) is 8.82. The van der Waals surface area contributed by atoms with Gasteiger partial charge in [0.1, 0.15) is 23.3 Å². The fourth-order valence-electron chi connectivity index (χ4n) is 4.32. The number of amides is 3. The zero-order chi connectivity index (χ0) is 27.4. The summed E-state index contributed by atoms with van der Waals surface area (Å²) in [6.45, 7) is 1.53. The highest BCUT2D eigenvalue weighted by Gasteiger charge is 2.49. The minimum Gasteiger partial charge on any atom is -0.308 e. The Hall–Kier alpha value is -4.65. The molecule has 1 aliphatic rings. The maximum absolute atomic E-state index is 15.1. The third-order valence-corrected chi connectivity index (χ3v) is 6.37. The summed E-state index contributed by atoms with van der Waals surface area (Å²) in [6, 6.07) is 10.1. The largest absolute Gasteiger partial charge is 0.325 e. The standard InChI is InChI=1S/C28H23F3N4O3/c1-28(11-15-36)26(37)34(21-7-5-12-32-18-21)13-14-35(28)27(38)33(2)25-23(30)16-19(17-24(25)31)9-10-20-6-3-4-8-22(20)29/h3-8,12,15-18H,11,13-14H2,1-2H3. The van der Waals surface area contributed by atoms with Crippen molar-refractivity contribution >= 4 is 29.6 Å². The molecule has 1 fully saturated rings. The van der Waals surface area contributed by atoms with E-state index < -0.39 is 40.6 Å². The van der Waals surface area contributed by atoms with E-state index in [9.17, 15) is 18.8 Å². The van der Waals surface area contributed by atoms with Crippen LogP contribution in [0.4, 0.5) is 29.3 Å². The molecule has 0 spiro atoms. The first-order chi connectivity index (χ1) is 18.2. The number of hydrogen-bond acceptors (Lipinski definition) is 4. The predicted molar refractivity (Wildman–Crippen MR) is 135 cm³/mol. The van der Waals surface area contributed by atoms with E-state index in [2.05, 4.69) is 16.8 Å². The molecule has 2 heterocycles. The van der Waals surface area contributed by atoms with Gasteiger partial charge in [-0.25, -0.2) is 18.0 Å². The third-order valence-electron chi connectivity index (χ3n) is 6.37. The number of piperazine rings is 1. The molecule has 1 unspecified atom stereocenters. The van der Waals surface area contributed by atoms with Crippen molar-refractivity contribution in [3.8, 4) is 11.8 Å². The molecule has 0 saturated carbocycles. The van der Waals surface area contributed by atoms with E-state index in [1.54, 1.807) is 24.4 Å². The highest BCUT2D eigenvalue weighted by atomic mass is 19.1. The number of urea groups is 1. The molecule has 3 aromatic rings. The summed E-state index contributed by atoms with van der Waals surface area (Å²) < 4.78 is 43.9. The van der Waals surface area contributed by atoms with Crippen LogP contribution in [0.2, 0.25) is 0 Å². The molecule has 0 N–H and O–H groups in total. The van der Waals surface area contributed by atoms with Gasteiger partial charge in [0.15, 0.2) is 11.6 Å². The fourth-order valence-corrected chi connectivity index (χ4v) is 4.32. The lowest BCUT2D eigenvalue weighted by molar-refractivity contribution is -0.133. The number of halogens is 3. The number of aldehydes is 1. The van der Waals surface area contributed by atoms with Gasteiger partial charge >= 0.3 is 6.03 Å². The average Bonchev–Trinajstić information content (AvgIpc) is 2.89. The van der Waals surface area contributed by atoms with Crippen molar-refractivity contribution in [2.75, 3.05) is 29.9 Å². The van der Waals surface area contributed by atoms with Crippen molar-refractivity contribution in [3.05, 3.63) is 89.5 Å². The molecule has 0 radical (unpaired) electrons. The Morgan fingerprint density at radius 3 is 2.42 bits per heavy atom. The van der Waals surface area contributed by atoms with Gasteiger partial charge in [-0.1, -0.05) is 24.0 Å². The van der Waals surface area contributed by atoms with Crippen molar-refractivity contribution in [3.63, 3.8) is 0 Å². The summed E-state index contributed by atoms with van der Waals surface area (Å²) in [7, 11) is 1.17. The van der Waals surface area contributed by atoms with E-state index in [0.29, 0.717) is 12.0 Å². The molecule has 1 aromatic heterocycles. The number of benzene rings is 2. The Labute approximate surface area is 217 Å². The molecule has 1 saturated heterocycles. The zero-order valence-corrected chi connectivity index (χ0v) is 20.6. The summed E-state index contributed by atoms with van der Waals surface area (Å²) in [6.07, 6.45) is 3.24. The topological polar surface area (TPSA) is 73.8 Å². The van der Waals surface area contributed by atoms with E-state index in [1.165, 1.54) is 43.3 Å². The van der Waals surface area contributed by atoms with Crippen LogP contribution in [0.5, 0.6) is 0 Å². The molecule has 194 valence electrons. The molecule has 7 nitrogen and oxygen atoms in total. The van der Waals surface area contributed by atoms with Crippen molar-refractivity contribution < 1.29 is 27.6 Å². The highest BCUT2D eigenvalue weighted by Crippen LogP contribution is 2.32. The minimum atomic E-state index is -1.60. The smallest absolute Gasteiger partial charge is 0.308 e. The van der Waals surface area contributed by atoms with Crippen LogP contribution in [0, 0.1) is 29.3 Å². The van der Waals surface area contributed by atoms with Gasteiger partial charge in [-0.05, 0) is 43.3 Å². The predicted octanol–water partition coefficient (Wildman–Crippen LogP) is 4.15. The molecule has 4 rings (SSSR count). The summed E-state index contributed by atoms with van der Waals surface area (Å²) in [5, 5.41) is 0. The van der Waals surface area contributed by atoms with E-state index in [-0.39, 0.29) is 30.6 Å². The second-order valence-electron chi connectivity index (χ2n) is 8.82. The van der Waals surface area contributed by atoms with E-state index in [4.69, 9.17) is 0 Å². The minimum absolute atomic E-state index is 0.00356. The zero-order valence-electron chi connectivity index (χ0n) is 20.6. The van der Waals surface area contributed by atoms with Gasteiger partial charge in [-0.15, -0.1) is 0 Å². The van der Waals surface area contributed by atoms with Crippen LogP contribution in [0.1, 0.15) is 24.5 Å².